The molecule has 53 heavy (non-hydrogen) atoms. The van der Waals surface area contributed by atoms with Crippen LogP contribution in [0, 0.1) is 25.6 Å². The lowest BCUT2D eigenvalue weighted by atomic mass is 10.0. The van der Waals surface area contributed by atoms with E-state index >= 15 is 0 Å². The normalized spacial score (nSPS) is 27.1. The third-order valence-electron chi connectivity index (χ3n) is 10.4. The summed E-state index contributed by atoms with van der Waals surface area (Å²) in [4.78, 5) is 66.2. The maximum Gasteiger partial charge on any atom is 0.270 e. The summed E-state index contributed by atoms with van der Waals surface area (Å²) in [7, 11) is -2.28. The van der Waals surface area contributed by atoms with Gasteiger partial charge in [-0.1, -0.05) is 31.1 Å². The molecule has 1 saturated heterocycles. The van der Waals surface area contributed by atoms with Crippen molar-refractivity contribution in [2.24, 2.45) is 13.0 Å². The number of ether oxygens (including phenoxy) is 1. The van der Waals surface area contributed by atoms with Crippen LogP contribution in [-0.4, -0.2) is 92.2 Å². The van der Waals surface area contributed by atoms with E-state index in [1.165, 1.54) is 21.7 Å². The van der Waals surface area contributed by atoms with Gasteiger partial charge >= 0.3 is 0 Å². The van der Waals surface area contributed by atoms with Crippen molar-refractivity contribution in [2.75, 3.05) is 6.54 Å². The number of benzene rings is 1. The lowest BCUT2D eigenvalue weighted by Gasteiger charge is -2.30. The zero-order valence-electron chi connectivity index (χ0n) is 29.8. The van der Waals surface area contributed by atoms with Crippen LogP contribution in [0.15, 0.2) is 36.4 Å². The molecule has 17 heteroatoms. The summed E-state index contributed by atoms with van der Waals surface area (Å²) in [6, 6.07) is 3.84. The van der Waals surface area contributed by atoms with Gasteiger partial charge in [0, 0.05) is 19.4 Å². The molecular weight excluding hydrogens is 708 g/mol. The minimum atomic E-state index is -3.91. The third-order valence-corrected chi connectivity index (χ3v) is 12.3. The summed E-state index contributed by atoms with van der Waals surface area (Å²) < 4.78 is 50.2. The Balaban J connectivity index is 1.20. The second-order valence-corrected chi connectivity index (χ2v) is 16.5. The fraction of sp³-hybridized carbons (Fsp3) is 0.528. The predicted octanol–water partition coefficient (Wildman–Crippen LogP) is 2.27. The minimum absolute atomic E-state index is 0.00451. The van der Waals surface area contributed by atoms with E-state index in [1.807, 2.05) is 12.2 Å². The third kappa shape index (κ3) is 7.48. The van der Waals surface area contributed by atoms with Crippen LogP contribution in [-0.2, 0) is 31.5 Å². The number of rotatable bonds is 7. The molecule has 4 amide bonds. The zero-order chi connectivity index (χ0) is 37.7. The molecule has 0 unspecified atom stereocenters. The molecule has 282 valence electrons. The number of para-hydroxylation sites is 1. The molecule has 4 aliphatic rings. The van der Waals surface area contributed by atoms with Crippen molar-refractivity contribution in [1.29, 1.82) is 0 Å². The van der Waals surface area contributed by atoms with Gasteiger partial charge in [0.05, 0.1) is 23.0 Å². The van der Waals surface area contributed by atoms with Crippen LogP contribution in [0.3, 0.4) is 0 Å². The van der Waals surface area contributed by atoms with E-state index in [4.69, 9.17) is 4.74 Å². The van der Waals surface area contributed by atoms with Gasteiger partial charge in [0.25, 0.3) is 11.8 Å². The van der Waals surface area contributed by atoms with E-state index in [2.05, 4.69) is 30.4 Å². The number of hydrogen-bond donors (Lipinski definition) is 3. The van der Waals surface area contributed by atoms with E-state index < -0.39 is 74.4 Å². The molecule has 4 heterocycles. The van der Waals surface area contributed by atoms with Crippen LogP contribution in [0.1, 0.15) is 79.7 Å². The number of aromatic nitrogens is 4. The van der Waals surface area contributed by atoms with Crippen molar-refractivity contribution >= 4 is 44.7 Å². The standard InChI is InChI=1S/C36H43FN8O7S/c1-20-16-28(44(3)42-20)31(46)39-27-12-8-6-4-5-7-10-22-18-36(22,35(49)43-53(50,51)24-14-15-24)41-32(47)29-17-23(19-45(29)34(27)48)52-33-21(2)38-26-13-9-11-25(37)30(26)40-33/h7,9-11,13,16,22-24,27,29H,4-6,8,12,14-15,17-19H2,1-3H3,(H,39,46)(H,41,47)(H,43,49)/b10-7-/t22-,23-,27+,29+,36-/m1/s1. The van der Waals surface area contributed by atoms with Gasteiger partial charge in [0.15, 0.2) is 5.82 Å². The number of allylic oxidation sites excluding steroid dienone is 1. The number of nitrogens with one attached hydrogen (secondary N) is 3. The topological polar surface area (TPSA) is 195 Å². The van der Waals surface area contributed by atoms with Gasteiger partial charge in [0.2, 0.25) is 27.7 Å². The number of halogens is 1. The molecule has 7 rings (SSSR count). The summed E-state index contributed by atoms with van der Waals surface area (Å²) in [6.07, 6.45) is 7.11. The first kappa shape index (κ1) is 36.4. The first-order valence-corrected chi connectivity index (χ1v) is 19.6. The molecule has 0 radical (unpaired) electrons. The van der Waals surface area contributed by atoms with E-state index in [0.29, 0.717) is 49.0 Å². The summed E-state index contributed by atoms with van der Waals surface area (Å²) in [6.45, 7) is 3.31. The molecule has 0 spiro atoms. The Labute approximate surface area is 306 Å². The number of amides is 4. The Morgan fingerprint density at radius 2 is 1.89 bits per heavy atom. The number of nitrogens with zero attached hydrogens (tertiary/aromatic N) is 5. The van der Waals surface area contributed by atoms with Crippen LogP contribution in [0.5, 0.6) is 5.88 Å². The molecule has 3 fully saturated rings. The van der Waals surface area contributed by atoms with Gasteiger partial charge in [0.1, 0.15) is 40.6 Å². The second-order valence-electron chi connectivity index (χ2n) is 14.5. The van der Waals surface area contributed by atoms with Crippen LogP contribution in [0.4, 0.5) is 4.39 Å². The Morgan fingerprint density at radius 3 is 2.62 bits per heavy atom. The van der Waals surface area contributed by atoms with Gasteiger partial charge < -0.3 is 20.3 Å². The first-order valence-electron chi connectivity index (χ1n) is 18.0. The van der Waals surface area contributed by atoms with Gasteiger partial charge in [-0.05, 0) is 70.6 Å². The van der Waals surface area contributed by atoms with Gasteiger partial charge in [-0.25, -0.2) is 22.8 Å². The van der Waals surface area contributed by atoms with Gasteiger partial charge in [-0.15, -0.1) is 0 Å². The minimum Gasteiger partial charge on any atom is -0.471 e. The highest BCUT2D eigenvalue weighted by atomic mass is 32.2. The number of aryl methyl sites for hydroxylation is 3. The Hall–Kier alpha value is -4.93. The summed E-state index contributed by atoms with van der Waals surface area (Å²) in [5.41, 5.74) is 0.0750. The van der Waals surface area contributed by atoms with Crippen molar-refractivity contribution in [1.82, 2.24) is 40.0 Å². The number of fused-ring (bicyclic) bond motifs is 3. The van der Waals surface area contributed by atoms with Crippen molar-refractivity contribution in [3.63, 3.8) is 0 Å². The molecule has 15 nitrogen and oxygen atoms in total. The molecule has 0 bridgehead atoms. The summed E-state index contributed by atoms with van der Waals surface area (Å²) in [5, 5.41) is 9.31. The molecule has 3 aromatic rings. The van der Waals surface area contributed by atoms with E-state index in [1.54, 1.807) is 33.0 Å². The number of carbonyl (C=O) groups excluding carboxylic acids is 4. The molecule has 3 N–H and O–H groups in total. The lowest BCUT2D eigenvalue weighted by molar-refractivity contribution is -0.141. The average molecular weight is 751 g/mol. The number of hydrogen-bond acceptors (Lipinski definition) is 10. The fourth-order valence-corrected chi connectivity index (χ4v) is 8.65. The van der Waals surface area contributed by atoms with Crippen molar-refractivity contribution in [3.8, 4) is 5.88 Å². The highest BCUT2D eigenvalue weighted by molar-refractivity contribution is 7.91. The number of sulfonamides is 1. The van der Waals surface area contributed by atoms with Gasteiger partial charge in [-0.3, -0.25) is 28.6 Å². The van der Waals surface area contributed by atoms with Crippen LogP contribution >= 0.6 is 0 Å². The van der Waals surface area contributed by atoms with Crippen LogP contribution in [0.2, 0.25) is 0 Å². The van der Waals surface area contributed by atoms with E-state index in [-0.39, 0.29) is 36.5 Å². The Kier molecular flexibility index (Phi) is 9.72. The largest absolute Gasteiger partial charge is 0.471 e. The molecule has 2 aliphatic heterocycles. The molecule has 2 aliphatic carbocycles. The molecule has 2 aromatic heterocycles. The lowest BCUT2D eigenvalue weighted by Crippen LogP contribution is -2.58. The maximum atomic E-state index is 14.7. The van der Waals surface area contributed by atoms with Crippen LogP contribution in [0.25, 0.3) is 11.0 Å². The fourth-order valence-electron chi connectivity index (χ4n) is 7.29. The van der Waals surface area contributed by atoms with Gasteiger partial charge in [-0.2, -0.15) is 5.10 Å². The first-order chi connectivity index (χ1) is 25.3. The molecular formula is C36H43FN8O7S. The monoisotopic (exact) mass is 750 g/mol. The average Bonchev–Trinajstić information content (AvgIpc) is 4.00. The Bertz CT molecular complexity index is 2120. The zero-order valence-corrected chi connectivity index (χ0v) is 30.6. The summed E-state index contributed by atoms with van der Waals surface area (Å²) >= 11 is 0. The van der Waals surface area contributed by atoms with E-state index in [9.17, 15) is 32.0 Å². The molecule has 5 atom stereocenters. The Morgan fingerprint density at radius 1 is 1.09 bits per heavy atom. The van der Waals surface area contributed by atoms with E-state index in [0.717, 1.165) is 12.8 Å². The highest BCUT2D eigenvalue weighted by Crippen LogP contribution is 2.46. The summed E-state index contributed by atoms with van der Waals surface area (Å²) in [5.74, 6) is -3.52. The van der Waals surface area contributed by atoms with Crippen molar-refractivity contribution in [2.45, 2.75) is 101 Å². The molecule has 2 saturated carbocycles. The number of carbonyl (C=O) groups is 4. The van der Waals surface area contributed by atoms with Crippen LogP contribution < -0.4 is 20.1 Å². The molecule has 1 aromatic carbocycles. The maximum absolute atomic E-state index is 14.7. The highest BCUT2D eigenvalue weighted by Gasteiger charge is 2.62. The SMILES string of the molecule is Cc1cc(C(=O)N[C@H]2CCCCC/C=C\[C@@H]3C[C@@]3(C(=O)NS(=O)(=O)C3CC3)NC(=O)[C@@H]3C[C@@H](Oc4nc5c(F)cccc5nc4C)CN3C2=O)n(C)n1. The van der Waals surface area contributed by atoms with Crippen molar-refractivity contribution in [3.05, 3.63) is 59.3 Å². The quantitative estimate of drug-likeness (QED) is 0.302. The second kappa shape index (κ2) is 14.1. The van der Waals surface area contributed by atoms with Crippen molar-refractivity contribution < 1.29 is 36.7 Å². The predicted molar refractivity (Wildman–Crippen MR) is 189 cm³/mol. The smallest absolute Gasteiger partial charge is 0.270 e.